The van der Waals surface area contributed by atoms with Crippen LogP contribution in [0.3, 0.4) is 0 Å². The van der Waals surface area contributed by atoms with Gasteiger partial charge in [-0.25, -0.2) is 0 Å². The van der Waals surface area contributed by atoms with Gasteiger partial charge in [0, 0.05) is 10.6 Å². The Bertz CT molecular complexity index is 840. The first-order chi connectivity index (χ1) is 12.0. The zero-order chi connectivity index (χ0) is 18.0. The first-order valence-electron chi connectivity index (χ1n) is 7.74. The zero-order valence-corrected chi connectivity index (χ0v) is 15.5. The molecule has 0 aliphatic carbocycles. The van der Waals surface area contributed by atoms with E-state index in [0.29, 0.717) is 16.3 Å². The van der Waals surface area contributed by atoms with Crippen molar-refractivity contribution in [1.82, 2.24) is 4.90 Å². The predicted octanol–water partition coefficient (Wildman–Crippen LogP) is 3.54. The molecule has 1 aliphatic rings. The summed E-state index contributed by atoms with van der Waals surface area (Å²) in [6.07, 6.45) is 0.721. The molecule has 5 nitrogen and oxygen atoms in total. The fourth-order valence-corrected chi connectivity index (χ4v) is 4.94. The highest BCUT2D eigenvalue weighted by Gasteiger charge is 2.43. The summed E-state index contributed by atoms with van der Waals surface area (Å²) in [5, 5.41) is 12.7. The molecule has 2 heterocycles. The lowest BCUT2D eigenvalue weighted by Crippen LogP contribution is -2.47. The Balaban J connectivity index is 1.84. The van der Waals surface area contributed by atoms with E-state index in [2.05, 4.69) is 11.4 Å². The van der Waals surface area contributed by atoms with Crippen LogP contribution in [0.1, 0.15) is 19.4 Å². The van der Waals surface area contributed by atoms with Crippen LogP contribution in [-0.2, 0) is 9.59 Å². The molecular weight excluding hydrogens is 354 g/mol. The van der Waals surface area contributed by atoms with Gasteiger partial charge in [-0.3, -0.25) is 9.59 Å². The minimum absolute atomic E-state index is 0.261. The molecule has 0 saturated carbocycles. The van der Waals surface area contributed by atoms with E-state index in [9.17, 15) is 14.9 Å². The van der Waals surface area contributed by atoms with Gasteiger partial charge in [-0.1, -0.05) is 30.3 Å². The monoisotopic (exact) mass is 371 g/mol. The fraction of sp³-hybridized carbons (Fsp3) is 0.278. The van der Waals surface area contributed by atoms with Crippen molar-refractivity contribution in [3.63, 3.8) is 0 Å². The van der Waals surface area contributed by atoms with Crippen LogP contribution >= 0.6 is 23.1 Å². The normalized spacial score (nSPS) is 18.6. The Morgan fingerprint density at radius 1 is 1.40 bits per heavy atom. The van der Waals surface area contributed by atoms with E-state index >= 15 is 0 Å². The number of carbonyl (C=O) groups excluding carboxylic acids is 2. The molecule has 1 aromatic carbocycles. The van der Waals surface area contributed by atoms with Gasteiger partial charge in [0.15, 0.2) is 0 Å². The minimum atomic E-state index is -0.536. The second kappa shape index (κ2) is 6.90. The van der Waals surface area contributed by atoms with Crippen molar-refractivity contribution in [1.29, 1.82) is 5.26 Å². The molecule has 1 aromatic heterocycles. The van der Waals surface area contributed by atoms with E-state index in [-0.39, 0.29) is 5.91 Å². The lowest BCUT2D eigenvalue weighted by Gasteiger charge is -2.30. The van der Waals surface area contributed by atoms with Gasteiger partial charge in [-0.15, -0.1) is 23.1 Å². The highest BCUT2D eigenvalue weighted by Crippen LogP contribution is 2.39. The van der Waals surface area contributed by atoms with Gasteiger partial charge in [0.25, 0.3) is 0 Å². The van der Waals surface area contributed by atoms with Crippen LogP contribution in [0.15, 0.2) is 36.4 Å². The smallest absolute Gasteiger partial charge is 0.248 e. The Labute approximate surface area is 154 Å². The maximum absolute atomic E-state index is 12.7. The van der Waals surface area contributed by atoms with E-state index in [1.165, 1.54) is 16.2 Å². The first-order valence-corrected chi connectivity index (χ1v) is 9.54. The van der Waals surface area contributed by atoms with Gasteiger partial charge >= 0.3 is 0 Å². The summed E-state index contributed by atoms with van der Waals surface area (Å²) in [6.45, 7) is 3.83. The lowest BCUT2D eigenvalue weighted by atomic mass is 10.1. The Morgan fingerprint density at radius 3 is 2.76 bits per heavy atom. The summed E-state index contributed by atoms with van der Waals surface area (Å²) in [6, 6.07) is 13.1. The number of amides is 2. The fourth-order valence-electron chi connectivity index (χ4n) is 2.72. The number of thioether (sulfide) groups is 1. The Kier molecular flexibility index (Phi) is 4.84. The molecule has 7 heteroatoms. The highest BCUT2D eigenvalue weighted by molar-refractivity contribution is 8.00. The number of thiophene rings is 1. The summed E-state index contributed by atoms with van der Waals surface area (Å²) in [7, 11) is 0. The standard InChI is InChI=1S/C18H17N3O2S2/c1-18(2)21(11-22)14(10-24-18)16(23)20-17-13(9-19)8-15(25-17)12-6-4-3-5-7-12/h3-8,11,14H,10H2,1-2H3,(H,20,23). The van der Waals surface area contributed by atoms with E-state index < -0.39 is 10.9 Å². The van der Waals surface area contributed by atoms with E-state index in [1.54, 1.807) is 17.8 Å². The molecular formula is C18H17N3O2S2. The molecule has 3 rings (SSSR count). The second-order valence-corrected chi connectivity index (χ2v) is 8.78. The second-order valence-electron chi connectivity index (χ2n) is 6.11. The van der Waals surface area contributed by atoms with Crippen molar-refractivity contribution in [2.45, 2.75) is 24.8 Å². The van der Waals surface area contributed by atoms with Crippen LogP contribution in [0.4, 0.5) is 5.00 Å². The van der Waals surface area contributed by atoms with E-state index in [1.807, 2.05) is 44.2 Å². The maximum atomic E-state index is 12.7. The number of hydrogen-bond acceptors (Lipinski definition) is 5. The average Bonchev–Trinajstić information content (AvgIpc) is 3.15. The van der Waals surface area contributed by atoms with Gasteiger partial charge < -0.3 is 10.2 Å². The van der Waals surface area contributed by atoms with Crippen molar-refractivity contribution in [3.05, 3.63) is 42.0 Å². The summed E-state index contributed by atoms with van der Waals surface area (Å²) in [5.41, 5.74) is 1.43. The van der Waals surface area contributed by atoms with Crippen molar-refractivity contribution >= 4 is 40.4 Å². The Hall–Kier alpha value is -2.30. The molecule has 2 aromatic rings. The van der Waals surface area contributed by atoms with Gasteiger partial charge in [0.2, 0.25) is 12.3 Å². The number of nitrogens with one attached hydrogen (secondary N) is 1. The van der Waals surface area contributed by atoms with Crippen molar-refractivity contribution in [3.8, 4) is 16.5 Å². The van der Waals surface area contributed by atoms with Gasteiger partial charge in [-0.2, -0.15) is 5.26 Å². The molecule has 0 bridgehead atoms. The maximum Gasteiger partial charge on any atom is 0.248 e. The molecule has 0 spiro atoms. The molecule has 128 valence electrons. The van der Waals surface area contributed by atoms with Crippen LogP contribution in [0.25, 0.3) is 10.4 Å². The zero-order valence-electron chi connectivity index (χ0n) is 13.9. The van der Waals surface area contributed by atoms with Crippen molar-refractivity contribution < 1.29 is 9.59 Å². The number of nitriles is 1. The number of hydrogen-bond donors (Lipinski definition) is 1. The molecule has 1 saturated heterocycles. The molecule has 1 fully saturated rings. The van der Waals surface area contributed by atoms with Crippen LogP contribution in [-0.4, -0.2) is 33.9 Å². The predicted molar refractivity (Wildman–Crippen MR) is 101 cm³/mol. The number of benzene rings is 1. The summed E-state index contributed by atoms with van der Waals surface area (Å²) in [4.78, 5) is 26.1. The molecule has 1 atom stereocenters. The minimum Gasteiger partial charge on any atom is -0.318 e. The van der Waals surface area contributed by atoms with Crippen LogP contribution in [0.2, 0.25) is 0 Å². The molecule has 0 radical (unpaired) electrons. The molecule has 25 heavy (non-hydrogen) atoms. The van der Waals surface area contributed by atoms with Crippen molar-refractivity contribution in [2.24, 2.45) is 0 Å². The molecule has 1 unspecified atom stereocenters. The number of rotatable bonds is 4. The summed E-state index contributed by atoms with van der Waals surface area (Å²) < 4.78 is 0. The first kappa shape index (κ1) is 17.5. The van der Waals surface area contributed by atoms with Gasteiger partial charge in [-0.05, 0) is 25.5 Å². The SMILES string of the molecule is CC1(C)SCC(C(=O)Nc2sc(-c3ccccc3)cc2C#N)N1C=O. The number of nitrogens with zero attached hydrogens (tertiary/aromatic N) is 2. The lowest BCUT2D eigenvalue weighted by molar-refractivity contribution is -0.130. The number of anilines is 1. The van der Waals surface area contributed by atoms with Gasteiger partial charge in [0.05, 0.1) is 10.4 Å². The number of carbonyl (C=O) groups is 2. The summed E-state index contributed by atoms with van der Waals surface area (Å²) >= 11 is 2.93. The largest absolute Gasteiger partial charge is 0.318 e. The topological polar surface area (TPSA) is 73.2 Å². The third-order valence-corrected chi connectivity index (χ3v) is 6.62. The third kappa shape index (κ3) is 3.41. The van der Waals surface area contributed by atoms with Crippen LogP contribution < -0.4 is 5.32 Å². The van der Waals surface area contributed by atoms with Gasteiger partial charge in [0.1, 0.15) is 17.1 Å². The summed E-state index contributed by atoms with van der Waals surface area (Å²) in [5.74, 6) is 0.277. The Morgan fingerprint density at radius 2 is 2.12 bits per heavy atom. The third-order valence-electron chi connectivity index (χ3n) is 4.12. The molecule has 1 aliphatic heterocycles. The molecule has 1 N–H and O–H groups in total. The average molecular weight is 371 g/mol. The van der Waals surface area contributed by atoms with E-state index in [4.69, 9.17) is 0 Å². The highest BCUT2D eigenvalue weighted by atomic mass is 32.2. The quantitative estimate of drug-likeness (QED) is 0.835. The van der Waals surface area contributed by atoms with Crippen molar-refractivity contribution in [2.75, 3.05) is 11.1 Å². The van der Waals surface area contributed by atoms with Crippen LogP contribution in [0.5, 0.6) is 0 Å². The molecule has 2 amide bonds. The van der Waals surface area contributed by atoms with E-state index in [0.717, 1.165) is 16.9 Å². The van der Waals surface area contributed by atoms with Crippen LogP contribution in [0, 0.1) is 11.3 Å².